The second-order valence-electron chi connectivity index (χ2n) is 9.73. The summed E-state index contributed by atoms with van der Waals surface area (Å²) in [4.78, 5) is 41.2. The SMILES string of the molecule is CCOC(=O)c1cc(-c2ccc(N3CCN(C(=O)c4ccc(C(=O)OC)cc4)CC3)cc2)n(-c2ccccc2C)n1. The molecule has 0 atom stereocenters. The van der Waals surface area contributed by atoms with E-state index >= 15 is 0 Å². The zero-order valence-electron chi connectivity index (χ0n) is 23.4. The van der Waals surface area contributed by atoms with E-state index in [0.29, 0.717) is 37.3 Å². The van der Waals surface area contributed by atoms with E-state index < -0.39 is 11.9 Å². The Balaban J connectivity index is 1.30. The van der Waals surface area contributed by atoms with E-state index in [-0.39, 0.29) is 18.2 Å². The molecule has 3 aromatic carbocycles. The standard InChI is InChI=1S/C32H32N4O5/c1-4-41-32(39)27-21-29(36(33-27)28-8-6-5-7-22(28)2)23-13-15-26(16-14-23)34-17-19-35(20-18-34)30(37)24-9-11-25(12-10-24)31(38)40-3/h5-16,21H,4,17-20H2,1-3H3. The second kappa shape index (κ2) is 12.1. The summed E-state index contributed by atoms with van der Waals surface area (Å²) in [5, 5.41) is 4.59. The number of aryl methyl sites for hydroxylation is 1. The molecule has 1 fully saturated rings. The van der Waals surface area contributed by atoms with E-state index in [1.165, 1.54) is 7.11 Å². The molecule has 2 heterocycles. The number of nitrogens with zero attached hydrogens (tertiary/aromatic N) is 4. The lowest BCUT2D eigenvalue weighted by Crippen LogP contribution is -2.48. The Morgan fingerprint density at radius 3 is 2.12 bits per heavy atom. The van der Waals surface area contributed by atoms with Gasteiger partial charge in [-0.25, -0.2) is 14.3 Å². The number of ether oxygens (including phenoxy) is 2. The number of hydrogen-bond acceptors (Lipinski definition) is 7. The summed E-state index contributed by atoms with van der Waals surface area (Å²) in [6.45, 7) is 6.62. The Labute approximate surface area is 238 Å². The Bertz CT molecular complexity index is 1550. The summed E-state index contributed by atoms with van der Waals surface area (Å²) in [6.07, 6.45) is 0. The van der Waals surface area contributed by atoms with E-state index in [0.717, 1.165) is 28.2 Å². The van der Waals surface area contributed by atoms with Crippen molar-refractivity contribution in [3.05, 3.63) is 101 Å². The molecule has 4 aromatic rings. The molecule has 0 aliphatic carbocycles. The smallest absolute Gasteiger partial charge is 0.358 e. The minimum atomic E-state index is -0.454. The lowest BCUT2D eigenvalue weighted by Gasteiger charge is -2.36. The van der Waals surface area contributed by atoms with Gasteiger partial charge in [-0.05, 0) is 67.9 Å². The number of aromatic nitrogens is 2. The second-order valence-corrected chi connectivity index (χ2v) is 9.73. The van der Waals surface area contributed by atoms with Gasteiger partial charge in [0.2, 0.25) is 0 Å². The monoisotopic (exact) mass is 552 g/mol. The van der Waals surface area contributed by atoms with Crippen molar-refractivity contribution in [2.24, 2.45) is 0 Å². The summed E-state index contributed by atoms with van der Waals surface area (Å²) in [5.74, 6) is -0.939. The zero-order valence-corrected chi connectivity index (χ0v) is 23.4. The summed E-state index contributed by atoms with van der Waals surface area (Å²) in [6, 6.07) is 24.4. The van der Waals surface area contributed by atoms with Crippen LogP contribution in [0, 0.1) is 6.92 Å². The number of methoxy groups -OCH3 is 1. The Hall–Kier alpha value is -4.92. The fourth-order valence-electron chi connectivity index (χ4n) is 4.94. The van der Waals surface area contributed by atoms with E-state index in [4.69, 9.17) is 9.47 Å². The van der Waals surface area contributed by atoms with Gasteiger partial charge in [-0.2, -0.15) is 5.10 Å². The molecule has 5 rings (SSSR count). The first kappa shape index (κ1) is 27.6. The lowest BCUT2D eigenvalue weighted by molar-refractivity contribution is 0.0517. The van der Waals surface area contributed by atoms with Crippen LogP contribution in [0.25, 0.3) is 16.9 Å². The number of rotatable bonds is 7. The Morgan fingerprint density at radius 2 is 1.49 bits per heavy atom. The summed E-state index contributed by atoms with van der Waals surface area (Å²) < 4.78 is 11.7. The van der Waals surface area contributed by atoms with Gasteiger partial charge in [0.1, 0.15) is 0 Å². The van der Waals surface area contributed by atoms with Gasteiger partial charge in [0.05, 0.1) is 30.7 Å². The number of benzene rings is 3. The van der Waals surface area contributed by atoms with Crippen molar-refractivity contribution < 1.29 is 23.9 Å². The first-order valence-electron chi connectivity index (χ1n) is 13.6. The Morgan fingerprint density at radius 1 is 0.829 bits per heavy atom. The summed E-state index contributed by atoms with van der Waals surface area (Å²) >= 11 is 0. The molecular formula is C32H32N4O5. The molecule has 0 saturated carbocycles. The van der Waals surface area contributed by atoms with Crippen LogP contribution in [0.15, 0.2) is 78.9 Å². The Kier molecular flexibility index (Phi) is 8.14. The molecule has 0 spiro atoms. The van der Waals surface area contributed by atoms with Crippen molar-refractivity contribution >= 4 is 23.5 Å². The molecular weight excluding hydrogens is 520 g/mol. The number of carbonyl (C=O) groups is 3. The van der Waals surface area contributed by atoms with Gasteiger partial charge in [0.25, 0.3) is 5.91 Å². The van der Waals surface area contributed by atoms with Crippen LogP contribution in [0.1, 0.15) is 43.7 Å². The molecule has 41 heavy (non-hydrogen) atoms. The zero-order chi connectivity index (χ0) is 28.9. The van der Waals surface area contributed by atoms with Crippen LogP contribution in [0.5, 0.6) is 0 Å². The van der Waals surface area contributed by atoms with Crippen LogP contribution in [0.4, 0.5) is 5.69 Å². The van der Waals surface area contributed by atoms with Gasteiger partial charge in [-0.1, -0.05) is 30.3 Å². The van der Waals surface area contributed by atoms with Crippen LogP contribution >= 0.6 is 0 Å². The highest BCUT2D eigenvalue weighted by Crippen LogP contribution is 2.28. The molecule has 1 aliphatic rings. The summed E-state index contributed by atoms with van der Waals surface area (Å²) in [7, 11) is 1.33. The molecule has 9 nitrogen and oxygen atoms in total. The molecule has 210 valence electrons. The first-order chi connectivity index (χ1) is 19.9. The molecule has 1 saturated heterocycles. The van der Waals surface area contributed by atoms with Crippen molar-refractivity contribution in [3.8, 4) is 16.9 Å². The molecule has 0 unspecified atom stereocenters. The highest BCUT2D eigenvalue weighted by Gasteiger charge is 2.23. The molecule has 0 bridgehead atoms. The predicted octanol–water partition coefficient (Wildman–Crippen LogP) is 4.77. The van der Waals surface area contributed by atoms with E-state index in [9.17, 15) is 14.4 Å². The number of hydrogen-bond donors (Lipinski definition) is 0. The van der Waals surface area contributed by atoms with Gasteiger partial charge in [-0.3, -0.25) is 4.79 Å². The van der Waals surface area contributed by atoms with Crippen molar-refractivity contribution in [1.82, 2.24) is 14.7 Å². The third-order valence-corrected chi connectivity index (χ3v) is 7.19. The molecule has 0 radical (unpaired) electrons. The number of para-hydroxylation sites is 1. The maximum Gasteiger partial charge on any atom is 0.358 e. The fourth-order valence-corrected chi connectivity index (χ4v) is 4.94. The van der Waals surface area contributed by atoms with Gasteiger partial charge >= 0.3 is 11.9 Å². The van der Waals surface area contributed by atoms with Gasteiger partial charge in [0.15, 0.2) is 5.69 Å². The number of esters is 2. The molecule has 1 aliphatic heterocycles. The largest absolute Gasteiger partial charge is 0.465 e. The predicted molar refractivity (Wildman–Crippen MR) is 156 cm³/mol. The van der Waals surface area contributed by atoms with Gasteiger partial charge in [0, 0.05) is 43.0 Å². The number of carbonyl (C=O) groups excluding carboxylic acids is 3. The van der Waals surface area contributed by atoms with Crippen molar-refractivity contribution in [1.29, 1.82) is 0 Å². The van der Waals surface area contributed by atoms with Gasteiger partial charge in [-0.15, -0.1) is 0 Å². The lowest BCUT2D eigenvalue weighted by atomic mass is 10.1. The normalized spacial score (nSPS) is 13.1. The number of anilines is 1. The van der Waals surface area contributed by atoms with Crippen molar-refractivity contribution in [3.63, 3.8) is 0 Å². The topological polar surface area (TPSA) is 94.0 Å². The van der Waals surface area contributed by atoms with Gasteiger partial charge < -0.3 is 19.3 Å². The van der Waals surface area contributed by atoms with Crippen LogP contribution in [0.2, 0.25) is 0 Å². The van der Waals surface area contributed by atoms with Crippen LogP contribution in [0.3, 0.4) is 0 Å². The van der Waals surface area contributed by atoms with E-state index in [1.54, 1.807) is 41.9 Å². The van der Waals surface area contributed by atoms with Crippen molar-refractivity contribution in [2.75, 3.05) is 44.8 Å². The molecule has 0 N–H and O–H groups in total. The maximum atomic E-state index is 13.0. The maximum absolute atomic E-state index is 13.0. The van der Waals surface area contributed by atoms with Crippen LogP contribution < -0.4 is 4.90 Å². The molecule has 1 aromatic heterocycles. The highest BCUT2D eigenvalue weighted by molar-refractivity contribution is 5.96. The third-order valence-electron chi connectivity index (χ3n) is 7.19. The third kappa shape index (κ3) is 5.84. The summed E-state index contributed by atoms with van der Waals surface area (Å²) in [5.41, 5.74) is 5.91. The minimum absolute atomic E-state index is 0.0571. The van der Waals surface area contributed by atoms with E-state index in [1.807, 2.05) is 48.2 Å². The fraction of sp³-hybridized carbons (Fsp3) is 0.250. The average molecular weight is 553 g/mol. The van der Waals surface area contributed by atoms with Crippen LogP contribution in [-0.4, -0.2) is 72.4 Å². The average Bonchev–Trinajstić information content (AvgIpc) is 3.46. The first-order valence-corrected chi connectivity index (χ1v) is 13.6. The van der Waals surface area contributed by atoms with Crippen molar-refractivity contribution in [2.45, 2.75) is 13.8 Å². The number of amides is 1. The molecule has 9 heteroatoms. The number of piperazine rings is 1. The highest BCUT2D eigenvalue weighted by atomic mass is 16.5. The quantitative estimate of drug-likeness (QED) is 0.305. The minimum Gasteiger partial charge on any atom is -0.465 e. The molecule has 1 amide bonds. The van der Waals surface area contributed by atoms with Crippen LogP contribution in [-0.2, 0) is 9.47 Å². The van der Waals surface area contributed by atoms with E-state index in [2.05, 4.69) is 22.1 Å².